The van der Waals surface area contributed by atoms with Gasteiger partial charge in [0.25, 0.3) is 0 Å². The van der Waals surface area contributed by atoms with Crippen LogP contribution < -0.4 is 5.32 Å². The van der Waals surface area contributed by atoms with Gasteiger partial charge in [-0.25, -0.2) is 4.68 Å². The molecule has 3 atom stereocenters. The lowest BCUT2D eigenvalue weighted by Gasteiger charge is -2.31. The first-order chi connectivity index (χ1) is 15.3. The highest BCUT2D eigenvalue weighted by Gasteiger charge is 2.30. The molecule has 0 amide bonds. The van der Waals surface area contributed by atoms with Gasteiger partial charge in [0.15, 0.2) is 0 Å². The molecule has 5 heteroatoms. The Morgan fingerprint density at radius 3 is 2.71 bits per heavy atom. The van der Waals surface area contributed by atoms with E-state index in [9.17, 15) is 0 Å². The maximum Gasteiger partial charge on any atom is 0.0885 e. The molecule has 0 bridgehead atoms. The fourth-order valence-corrected chi connectivity index (χ4v) is 4.41. The van der Waals surface area contributed by atoms with Crippen LogP contribution in [0.25, 0.3) is 10.8 Å². The summed E-state index contributed by atoms with van der Waals surface area (Å²) in [6.45, 7) is 4.56. The molecule has 3 aromatic carbocycles. The summed E-state index contributed by atoms with van der Waals surface area (Å²) >= 11 is 0. The molecule has 1 aliphatic rings. The van der Waals surface area contributed by atoms with E-state index in [4.69, 9.17) is 4.74 Å². The fourth-order valence-electron chi connectivity index (χ4n) is 4.41. The van der Waals surface area contributed by atoms with Crippen molar-refractivity contribution < 1.29 is 4.74 Å². The normalized spacial score (nSPS) is 20.0. The quantitative estimate of drug-likeness (QED) is 0.499. The van der Waals surface area contributed by atoms with E-state index in [2.05, 4.69) is 95.5 Å². The fraction of sp³-hybridized carbons (Fsp3) is 0.308. The molecule has 4 aromatic rings. The molecule has 0 aliphatic carbocycles. The first-order valence-corrected chi connectivity index (χ1v) is 11.0. The van der Waals surface area contributed by atoms with Crippen LogP contribution in [0.3, 0.4) is 0 Å². The van der Waals surface area contributed by atoms with Crippen LogP contribution in [0, 0.1) is 0 Å². The summed E-state index contributed by atoms with van der Waals surface area (Å²) in [6.07, 6.45) is 3.18. The lowest BCUT2D eigenvalue weighted by Crippen LogP contribution is -2.41. The molecule has 158 valence electrons. The van der Waals surface area contributed by atoms with Crippen molar-refractivity contribution >= 4 is 10.8 Å². The zero-order valence-corrected chi connectivity index (χ0v) is 17.8. The average Bonchev–Trinajstić information content (AvgIpc) is 3.33. The second-order valence-electron chi connectivity index (χ2n) is 8.34. The van der Waals surface area contributed by atoms with Gasteiger partial charge >= 0.3 is 0 Å². The molecule has 1 aromatic heterocycles. The summed E-state index contributed by atoms with van der Waals surface area (Å²) in [5.41, 5.74) is 3.45. The summed E-state index contributed by atoms with van der Waals surface area (Å²) in [6, 6.07) is 25.6. The Hall–Kier alpha value is -3.02. The number of hydrogen-bond donors (Lipinski definition) is 1. The van der Waals surface area contributed by atoms with E-state index in [1.165, 1.54) is 21.9 Å². The van der Waals surface area contributed by atoms with Gasteiger partial charge in [-0.05, 0) is 47.9 Å². The highest BCUT2D eigenvalue weighted by molar-refractivity contribution is 5.82. The molecule has 5 rings (SSSR count). The Balaban J connectivity index is 1.29. The van der Waals surface area contributed by atoms with E-state index < -0.39 is 0 Å². The van der Waals surface area contributed by atoms with Crippen LogP contribution >= 0.6 is 0 Å². The molecule has 1 N–H and O–H groups in total. The lowest BCUT2D eigenvalue weighted by atomic mass is 9.92. The molecule has 1 saturated heterocycles. The number of hydrogen-bond acceptors (Lipinski definition) is 4. The van der Waals surface area contributed by atoms with Crippen molar-refractivity contribution in [2.45, 2.75) is 38.0 Å². The van der Waals surface area contributed by atoms with Crippen LogP contribution in [0.4, 0.5) is 0 Å². The van der Waals surface area contributed by atoms with Crippen LogP contribution in [-0.2, 0) is 11.3 Å². The van der Waals surface area contributed by atoms with Gasteiger partial charge in [0.2, 0.25) is 0 Å². The van der Waals surface area contributed by atoms with Gasteiger partial charge in [-0.1, -0.05) is 71.9 Å². The standard InChI is InChI=1S/C26H28N4O/c1-19(21-7-3-2-4-8-21)30-17-25(28-29-30)24-13-14-27-16-26(24)31-18-20-11-12-22-9-5-6-10-23(22)15-20/h2-12,15,17,19,24,26-27H,13-14,16,18H2,1H3/t19?,24-,26+/m0/s1. The van der Waals surface area contributed by atoms with E-state index in [1.54, 1.807) is 0 Å². The number of piperidine rings is 1. The number of benzene rings is 3. The third-order valence-corrected chi connectivity index (χ3v) is 6.29. The highest BCUT2D eigenvalue weighted by atomic mass is 16.5. The Morgan fingerprint density at radius 1 is 1.03 bits per heavy atom. The van der Waals surface area contributed by atoms with E-state index in [-0.39, 0.29) is 18.1 Å². The zero-order valence-electron chi connectivity index (χ0n) is 17.8. The predicted molar refractivity (Wildman–Crippen MR) is 123 cm³/mol. The van der Waals surface area contributed by atoms with Crippen LogP contribution in [-0.4, -0.2) is 34.2 Å². The number of fused-ring (bicyclic) bond motifs is 1. The molecule has 0 spiro atoms. The minimum atomic E-state index is 0.0809. The van der Waals surface area contributed by atoms with Gasteiger partial charge in [0.05, 0.1) is 24.4 Å². The summed E-state index contributed by atoms with van der Waals surface area (Å²) in [5.74, 6) is 0.249. The zero-order chi connectivity index (χ0) is 21.0. The minimum absolute atomic E-state index is 0.0809. The molecule has 1 aliphatic heterocycles. The van der Waals surface area contributed by atoms with Crippen LogP contribution in [0.1, 0.15) is 42.1 Å². The molecule has 31 heavy (non-hydrogen) atoms. The number of aromatic nitrogens is 3. The molecule has 0 radical (unpaired) electrons. The molecular weight excluding hydrogens is 384 g/mol. The van der Waals surface area contributed by atoms with Crippen LogP contribution in [0.15, 0.2) is 79.0 Å². The smallest absolute Gasteiger partial charge is 0.0885 e. The van der Waals surface area contributed by atoms with Gasteiger partial charge < -0.3 is 10.1 Å². The van der Waals surface area contributed by atoms with Crippen molar-refractivity contribution in [2.24, 2.45) is 0 Å². The Morgan fingerprint density at radius 2 is 1.84 bits per heavy atom. The number of nitrogens with one attached hydrogen (secondary N) is 1. The summed E-state index contributed by atoms with van der Waals surface area (Å²) in [5, 5.41) is 15.0. The summed E-state index contributed by atoms with van der Waals surface area (Å²) in [4.78, 5) is 0. The van der Waals surface area contributed by atoms with Crippen molar-refractivity contribution in [3.05, 3.63) is 95.8 Å². The first-order valence-electron chi connectivity index (χ1n) is 11.0. The van der Waals surface area contributed by atoms with Crippen molar-refractivity contribution in [2.75, 3.05) is 13.1 Å². The van der Waals surface area contributed by atoms with Gasteiger partial charge in [-0.2, -0.15) is 0 Å². The third kappa shape index (κ3) is 4.38. The number of ether oxygens (including phenoxy) is 1. The SMILES string of the molecule is CC(c1ccccc1)n1cc([C@@H]2CCNC[C@H]2OCc2ccc3ccccc3c2)nn1. The van der Waals surface area contributed by atoms with Crippen molar-refractivity contribution in [1.82, 2.24) is 20.3 Å². The van der Waals surface area contributed by atoms with E-state index in [0.717, 1.165) is 25.2 Å². The Labute approximate surface area is 183 Å². The molecular formula is C26H28N4O. The summed E-state index contributed by atoms with van der Waals surface area (Å²) < 4.78 is 8.37. The largest absolute Gasteiger partial charge is 0.372 e. The topological polar surface area (TPSA) is 52.0 Å². The highest BCUT2D eigenvalue weighted by Crippen LogP contribution is 2.28. The van der Waals surface area contributed by atoms with Gasteiger partial charge in [0.1, 0.15) is 0 Å². The maximum atomic E-state index is 6.40. The van der Waals surface area contributed by atoms with Crippen LogP contribution in [0.5, 0.6) is 0 Å². The first kappa shape index (κ1) is 19.9. The van der Waals surface area contributed by atoms with E-state index >= 15 is 0 Å². The van der Waals surface area contributed by atoms with Gasteiger partial charge in [-0.15, -0.1) is 5.10 Å². The monoisotopic (exact) mass is 412 g/mol. The predicted octanol–water partition coefficient (Wildman–Crippen LogP) is 4.70. The van der Waals surface area contributed by atoms with E-state index in [1.807, 2.05) is 10.7 Å². The number of rotatable bonds is 6. The lowest BCUT2D eigenvalue weighted by molar-refractivity contribution is 0.00969. The van der Waals surface area contributed by atoms with E-state index in [0.29, 0.717) is 6.61 Å². The Bertz CT molecular complexity index is 1140. The van der Waals surface area contributed by atoms with Crippen LogP contribution in [0.2, 0.25) is 0 Å². The maximum absolute atomic E-state index is 6.40. The molecule has 1 fully saturated rings. The third-order valence-electron chi connectivity index (χ3n) is 6.29. The molecule has 5 nitrogen and oxygen atoms in total. The Kier molecular flexibility index (Phi) is 5.78. The summed E-state index contributed by atoms with van der Waals surface area (Å²) in [7, 11) is 0. The molecule has 0 saturated carbocycles. The second-order valence-corrected chi connectivity index (χ2v) is 8.34. The molecule has 2 heterocycles. The second kappa shape index (κ2) is 9.00. The van der Waals surface area contributed by atoms with Crippen molar-refractivity contribution in [1.29, 1.82) is 0 Å². The minimum Gasteiger partial charge on any atom is -0.372 e. The van der Waals surface area contributed by atoms with Gasteiger partial charge in [-0.3, -0.25) is 0 Å². The average molecular weight is 413 g/mol. The van der Waals surface area contributed by atoms with Crippen molar-refractivity contribution in [3.63, 3.8) is 0 Å². The van der Waals surface area contributed by atoms with Gasteiger partial charge in [0, 0.05) is 18.7 Å². The van der Waals surface area contributed by atoms with Crippen molar-refractivity contribution in [3.8, 4) is 0 Å². The molecule has 1 unspecified atom stereocenters. The number of nitrogens with zero attached hydrogens (tertiary/aromatic N) is 3.